The predicted molar refractivity (Wildman–Crippen MR) is 61.5 cm³/mol. The molecule has 0 aromatic carbocycles. The fourth-order valence-corrected chi connectivity index (χ4v) is 1.09. The van der Waals surface area contributed by atoms with Crippen LogP contribution in [0.5, 0.6) is 0 Å². The zero-order valence-electron chi connectivity index (χ0n) is 10.1. The van der Waals surface area contributed by atoms with Crippen molar-refractivity contribution in [2.24, 2.45) is 5.41 Å². The summed E-state index contributed by atoms with van der Waals surface area (Å²) in [7, 11) is 0. The monoisotopic (exact) mass is 211 g/mol. The smallest absolute Gasteiger partial charge is 0.220 e. The minimum atomic E-state index is 0.0271. The van der Waals surface area contributed by atoms with Gasteiger partial charge in [-0.25, -0.2) is 0 Å². The Hall–Kier alpha value is -1.12. The summed E-state index contributed by atoms with van der Waals surface area (Å²) >= 11 is 0. The Morgan fingerprint density at radius 2 is 1.87 bits per heavy atom. The fourth-order valence-electron chi connectivity index (χ4n) is 1.09. The minimum Gasteiger partial charge on any atom is -0.356 e. The van der Waals surface area contributed by atoms with Crippen LogP contribution in [0.25, 0.3) is 0 Å². The Morgan fingerprint density at radius 1 is 1.27 bits per heavy atom. The SMILES string of the molecule is CC(=O)/C=C/CCNC(=O)CC(C)(C)C. The molecule has 0 spiro atoms. The molecular weight excluding hydrogens is 190 g/mol. The summed E-state index contributed by atoms with van der Waals surface area (Å²) in [4.78, 5) is 21.9. The molecule has 1 amide bonds. The van der Waals surface area contributed by atoms with Crippen molar-refractivity contribution < 1.29 is 9.59 Å². The summed E-state index contributed by atoms with van der Waals surface area (Å²) < 4.78 is 0. The third-order valence-electron chi connectivity index (χ3n) is 1.68. The lowest BCUT2D eigenvalue weighted by molar-refractivity contribution is -0.122. The first-order valence-electron chi connectivity index (χ1n) is 5.25. The molecule has 0 fully saturated rings. The largest absolute Gasteiger partial charge is 0.356 e. The molecule has 0 aromatic heterocycles. The Labute approximate surface area is 91.9 Å². The number of allylic oxidation sites excluding steroid dienone is 1. The normalized spacial score (nSPS) is 11.7. The van der Waals surface area contributed by atoms with Crippen molar-refractivity contribution in [2.75, 3.05) is 6.54 Å². The molecule has 0 radical (unpaired) electrons. The van der Waals surface area contributed by atoms with Crippen molar-refractivity contribution in [1.29, 1.82) is 0 Å². The van der Waals surface area contributed by atoms with Gasteiger partial charge >= 0.3 is 0 Å². The quantitative estimate of drug-likeness (QED) is 0.559. The van der Waals surface area contributed by atoms with Gasteiger partial charge in [-0.1, -0.05) is 26.8 Å². The van der Waals surface area contributed by atoms with Crippen molar-refractivity contribution in [3.8, 4) is 0 Å². The van der Waals surface area contributed by atoms with Gasteiger partial charge in [-0.2, -0.15) is 0 Å². The third-order valence-corrected chi connectivity index (χ3v) is 1.68. The molecule has 0 atom stereocenters. The second-order valence-corrected chi connectivity index (χ2v) is 4.89. The summed E-state index contributed by atoms with van der Waals surface area (Å²) in [6.45, 7) is 8.19. The number of ketones is 1. The van der Waals surface area contributed by atoms with Crippen LogP contribution in [-0.2, 0) is 9.59 Å². The zero-order chi connectivity index (χ0) is 11.9. The maximum absolute atomic E-state index is 11.4. The molecule has 0 aliphatic carbocycles. The van der Waals surface area contributed by atoms with E-state index in [1.54, 1.807) is 6.08 Å². The summed E-state index contributed by atoms with van der Waals surface area (Å²) in [5, 5.41) is 2.81. The topological polar surface area (TPSA) is 46.2 Å². The molecule has 3 heteroatoms. The van der Waals surface area contributed by atoms with E-state index in [2.05, 4.69) is 5.32 Å². The van der Waals surface area contributed by atoms with E-state index < -0.39 is 0 Å². The van der Waals surface area contributed by atoms with E-state index in [1.165, 1.54) is 13.0 Å². The molecule has 0 saturated heterocycles. The number of amides is 1. The van der Waals surface area contributed by atoms with Crippen molar-refractivity contribution in [3.63, 3.8) is 0 Å². The molecular formula is C12H21NO2. The summed E-state index contributed by atoms with van der Waals surface area (Å²) in [5.41, 5.74) is 0.0271. The molecule has 86 valence electrons. The van der Waals surface area contributed by atoms with Crippen molar-refractivity contribution in [1.82, 2.24) is 5.32 Å². The first kappa shape index (κ1) is 13.9. The van der Waals surface area contributed by atoms with E-state index in [0.29, 0.717) is 19.4 Å². The summed E-state index contributed by atoms with van der Waals surface area (Å²) in [5.74, 6) is 0.106. The van der Waals surface area contributed by atoms with Gasteiger partial charge in [-0.3, -0.25) is 9.59 Å². The van der Waals surface area contributed by atoms with Gasteiger partial charge in [-0.05, 0) is 24.8 Å². The van der Waals surface area contributed by atoms with Crippen LogP contribution in [0.3, 0.4) is 0 Å². The Bertz CT molecular complexity index is 249. The average molecular weight is 211 g/mol. The van der Waals surface area contributed by atoms with Crippen LogP contribution in [0.15, 0.2) is 12.2 Å². The second kappa shape index (κ2) is 6.38. The third kappa shape index (κ3) is 10.8. The molecule has 0 aliphatic rings. The average Bonchev–Trinajstić information content (AvgIpc) is 1.99. The Morgan fingerprint density at radius 3 is 2.33 bits per heavy atom. The van der Waals surface area contributed by atoms with Gasteiger partial charge in [0.2, 0.25) is 5.91 Å². The van der Waals surface area contributed by atoms with Crippen LogP contribution in [0.2, 0.25) is 0 Å². The standard InChI is InChI=1S/C12H21NO2/c1-10(14)7-5-6-8-13-11(15)9-12(2,3)4/h5,7H,6,8-9H2,1-4H3,(H,13,15)/b7-5+. The fraction of sp³-hybridized carbons (Fsp3) is 0.667. The van der Waals surface area contributed by atoms with Gasteiger partial charge in [-0.15, -0.1) is 0 Å². The van der Waals surface area contributed by atoms with Gasteiger partial charge < -0.3 is 5.32 Å². The summed E-state index contributed by atoms with van der Waals surface area (Å²) in [6.07, 6.45) is 4.54. The number of nitrogens with one attached hydrogen (secondary N) is 1. The van der Waals surface area contributed by atoms with Gasteiger partial charge in [0.05, 0.1) is 0 Å². The molecule has 15 heavy (non-hydrogen) atoms. The molecule has 0 aliphatic heterocycles. The summed E-state index contributed by atoms with van der Waals surface area (Å²) in [6, 6.07) is 0. The van der Waals surface area contributed by atoms with Crippen molar-refractivity contribution in [2.45, 2.75) is 40.5 Å². The highest BCUT2D eigenvalue weighted by atomic mass is 16.1. The highest BCUT2D eigenvalue weighted by Gasteiger charge is 2.14. The van der Waals surface area contributed by atoms with Crippen LogP contribution >= 0.6 is 0 Å². The molecule has 0 unspecified atom stereocenters. The van der Waals surface area contributed by atoms with E-state index >= 15 is 0 Å². The first-order valence-corrected chi connectivity index (χ1v) is 5.25. The highest BCUT2D eigenvalue weighted by Crippen LogP contribution is 2.17. The molecule has 3 nitrogen and oxygen atoms in total. The minimum absolute atomic E-state index is 0.0271. The van der Waals surface area contributed by atoms with Crippen LogP contribution < -0.4 is 5.32 Å². The van der Waals surface area contributed by atoms with E-state index in [1.807, 2.05) is 20.8 Å². The van der Waals surface area contributed by atoms with Crippen molar-refractivity contribution in [3.05, 3.63) is 12.2 Å². The first-order chi connectivity index (χ1) is 6.81. The van der Waals surface area contributed by atoms with Crippen LogP contribution in [0.1, 0.15) is 40.5 Å². The van der Waals surface area contributed by atoms with E-state index in [0.717, 1.165) is 0 Å². The number of carbonyl (C=O) groups excluding carboxylic acids is 2. The van der Waals surface area contributed by atoms with Gasteiger partial charge in [0.15, 0.2) is 5.78 Å². The van der Waals surface area contributed by atoms with E-state index in [9.17, 15) is 9.59 Å². The van der Waals surface area contributed by atoms with Crippen LogP contribution in [0, 0.1) is 5.41 Å². The lowest BCUT2D eigenvalue weighted by atomic mass is 9.92. The van der Waals surface area contributed by atoms with Crippen LogP contribution in [-0.4, -0.2) is 18.2 Å². The van der Waals surface area contributed by atoms with Crippen molar-refractivity contribution >= 4 is 11.7 Å². The van der Waals surface area contributed by atoms with E-state index in [-0.39, 0.29) is 17.1 Å². The number of rotatable bonds is 5. The number of hydrogen-bond acceptors (Lipinski definition) is 2. The predicted octanol–water partition coefficient (Wildman–Crippen LogP) is 2.07. The molecule has 0 saturated carbocycles. The lowest BCUT2D eigenvalue weighted by Gasteiger charge is -2.16. The molecule has 0 heterocycles. The maximum Gasteiger partial charge on any atom is 0.220 e. The van der Waals surface area contributed by atoms with E-state index in [4.69, 9.17) is 0 Å². The Kier molecular flexibility index (Phi) is 5.90. The zero-order valence-corrected chi connectivity index (χ0v) is 10.1. The van der Waals surface area contributed by atoms with Gasteiger partial charge in [0.1, 0.15) is 0 Å². The Balaban J connectivity index is 3.61. The highest BCUT2D eigenvalue weighted by molar-refractivity contribution is 5.87. The molecule has 0 aromatic rings. The lowest BCUT2D eigenvalue weighted by Crippen LogP contribution is -2.28. The maximum atomic E-state index is 11.4. The molecule has 0 rings (SSSR count). The van der Waals surface area contributed by atoms with Gasteiger partial charge in [0.25, 0.3) is 0 Å². The molecule has 1 N–H and O–H groups in total. The molecule has 0 bridgehead atoms. The second-order valence-electron chi connectivity index (χ2n) is 4.89. The van der Waals surface area contributed by atoms with Gasteiger partial charge in [0, 0.05) is 13.0 Å². The number of carbonyl (C=O) groups is 2. The number of hydrogen-bond donors (Lipinski definition) is 1. The van der Waals surface area contributed by atoms with Crippen LogP contribution in [0.4, 0.5) is 0 Å².